The van der Waals surface area contributed by atoms with E-state index < -0.39 is 11.5 Å². The molecule has 0 unspecified atom stereocenters. The van der Waals surface area contributed by atoms with Crippen LogP contribution in [0.2, 0.25) is 0 Å². The molecule has 0 radical (unpaired) electrons. The van der Waals surface area contributed by atoms with Gasteiger partial charge in [0.2, 0.25) is 5.88 Å². The molecular weight excluding hydrogens is 356 g/mol. The second-order valence-corrected chi connectivity index (χ2v) is 6.18. The van der Waals surface area contributed by atoms with E-state index in [1.165, 1.54) is 17.5 Å². The third-order valence-corrected chi connectivity index (χ3v) is 4.17. The minimum Gasteiger partial charge on any atom is -0.438 e. The highest BCUT2D eigenvalue weighted by Gasteiger charge is 2.17. The summed E-state index contributed by atoms with van der Waals surface area (Å²) in [6, 6.07) is 12.6. The largest absolute Gasteiger partial charge is 0.438 e. The van der Waals surface area contributed by atoms with Crippen LogP contribution in [-0.2, 0) is 4.79 Å². The smallest absolute Gasteiger partial charge is 0.269 e. The minimum atomic E-state index is -0.600. The van der Waals surface area contributed by atoms with E-state index in [9.17, 15) is 14.9 Å². The Morgan fingerprint density at radius 2 is 1.96 bits per heavy atom. The summed E-state index contributed by atoms with van der Waals surface area (Å²) in [5, 5.41) is 11.7. The van der Waals surface area contributed by atoms with Crippen LogP contribution in [0, 0.1) is 25.2 Å². The molecule has 28 heavy (non-hydrogen) atoms. The van der Waals surface area contributed by atoms with Gasteiger partial charge in [0.15, 0.2) is 0 Å². The van der Waals surface area contributed by atoms with Crippen molar-refractivity contribution < 1.29 is 9.53 Å². The number of benzene rings is 1. The van der Waals surface area contributed by atoms with Crippen LogP contribution in [0.15, 0.2) is 53.0 Å². The highest BCUT2D eigenvalue weighted by Crippen LogP contribution is 2.25. The first-order valence-corrected chi connectivity index (χ1v) is 8.55. The predicted molar refractivity (Wildman–Crippen MR) is 105 cm³/mol. The monoisotopic (exact) mass is 374 g/mol. The lowest BCUT2D eigenvalue weighted by Crippen LogP contribution is -2.22. The van der Waals surface area contributed by atoms with Crippen LogP contribution < -0.4 is 15.6 Å². The highest BCUT2D eigenvalue weighted by atomic mass is 16.5. The van der Waals surface area contributed by atoms with Crippen molar-refractivity contribution in [3.05, 3.63) is 75.2 Å². The zero-order valence-corrected chi connectivity index (χ0v) is 15.7. The number of fused-ring (bicyclic) bond motifs is 1. The number of amides is 1. The van der Waals surface area contributed by atoms with Crippen molar-refractivity contribution in [2.45, 2.75) is 13.8 Å². The van der Waals surface area contributed by atoms with Gasteiger partial charge in [0.25, 0.3) is 11.5 Å². The summed E-state index contributed by atoms with van der Waals surface area (Å²) >= 11 is 0. The average molecular weight is 374 g/mol. The molecular formula is C21H18N4O3. The number of hydrogen-bond donors (Lipinski definition) is 1. The molecule has 3 rings (SSSR count). The van der Waals surface area contributed by atoms with E-state index >= 15 is 0 Å². The molecule has 0 aliphatic carbocycles. The standard InChI is InChI=1S/C21H18N4O3/c1-13-6-8-16(9-7-13)28-20-17(11-15(12-22)19(26)23-3)21(27)25-10-4-5-14(2)18(25)24-20/h4-11H,1-3H3,(H,23,26). The summed E-state index contributed by atoms with van der Waals surface area (Å²) in [5.41, 5.74) is 1.64. The van der Waals surface area contributed by atoms with Crippen molar-refractivity contribution in [1.29, 1.82) is 5.26 Å². The van der Waals surface area contributed by atoms with Gasteiger partial charge < -0.3 is 10.1 Å². The van der Waals surface area contributed by atoms with Crippen LogP contribution in [-0.4, -0.2) is 22.3 Å². The van der Waals surface area contributed by atoms with Gasteiger partial charge in [-0.2, -0.15) is 10.2 Å². The number of pyridine rings is 1. The zero-order chi connectivity index (χ0) is 20.3. The summed E-state index contributed by atoms with van der Waals surface area (Å²) in [7, 11) is 1.41. The molecule has 0 saturated heterocycles. The first-order valence-electron chi connectivity index (χ1n) is 8.55. The minimum absolute atomic E-state index is 0.0174. The van der Waals surface area contributed by atoms with Crippen molar-refractivity contribution in [3.63, 3.8) is 0 Å². The Kier molecular flexibility index (Phi) is 5.23. The fourth-order valence-electron chi connectivity index (χ4n) is 2.64. The number of nitriles is 1. The van der Waals surface area contributed by atoms with Gasteiger partial charge in [0, 0.05) is 13.2 Å². The van der Waals surface area contributed by atoms with Gasteiger partial charge in [0.05, 0.1) is 0 Å². The van der Waals surface area contributed by atoms with E-state index in [4.69, 9.17) is 4.74 Å². The molecule has 1 aromatic carbocycles. The number of carbonyl (C=O) groups is 1. The summed E-state index contributed by atoms with van der Waals surface area (Å²) in [6.07, 6.45) is 2.78. The summed E-state index contributed by atoms with van der Waals surface area (Å²) < 4.78 is 7.22. The van der Waals surface area contributed by atoms with Crippen molar-refractivity contribution in [2.75, 3.05) is 7.05 Å². The maximum absolute atomic E-state index is 13.1. The molecule has 0 fully saturated rings. The molecule has 140 valence electrons. The van der Waals surface area contributed by atoms with Crippen molar-refractivity contribution in [3.8, 4) is 17.7 Å². The Bertz CT molecular complexity index is 1190. The van der Waals surface area contributed by atoms with Crippen LogP contribution in [0.25, 0.3) is 11.7 Å². The van der Waals surface area contributed by atoms with Crippen LogP contribution in [0.5, 0.6) is 11.6 Å². The first-order chi connectivity index (χ1) is 13.4. The molecule has 1 amide bonds. The summed E-state index contributed by atoms with van der Waals surface area (Å²) in [4.78, 5) is 29.5. The normalized spacial score (nSPS) is 11.1. The maximum Gasteiger partial charge on any atom is 0.269 e. The van der Waals surface area contributed by atoms with Crippen LogP contribution in [0.3, 0.4) is 0 Å². The summed E-state index contributed by atoms with van der Waals surface area (Å²) in [6.45, 7) is 3.78. The molecule has 0 aliphatic heterocycles. The third kappa shape index (κ3) is 3.62. The molecule has 0 atom stereocenters. The Labute approximate surface area is 161 Å². The number of nitrogens with zero attached hydrogens (tertiary/aromatic N) is 3. The van der Waals surface area contributed by atoms with Crippen LogP contribution in [0.4, 0.5) is 0 Å². The van der Waals surface area contributed by atoms with Gasteiger partial charge in [-0.05, 0) is 43.7 Å². The molecule has 7 nitrogen and oxygen atoms in total. The van der Waals surface area contributed by atoms with Gasteiger partial charge in [-0.1, -0.05) is 23.8 Å². The van der Waals surface area contributed by atoms with Gasteiger partial charge in [-0.15, -0.1) is 0 Å². The van der Waals surface area contributed by atoms with E-state index in [1.807, 2.05) is 32.0 Å². The summed E-state index contributed by atoms with van der Waals surface area (Å²) in [5.74, 6) is -0.0825. The molecule has 2 aromatic heterocycles. The molecule has 0 spiro atoms. The Balaban J connectivity index is 2.27. The number of aryl methyl sites for hydroxylation is 2. The second-order valence-electron chi connectivity index (χ2n) is 6.18. The van der Waals surface area contributed by atoms with E-state index in [1.54, 1.807) is 30.5 Å². The molecule has 3 aromatic rings. The molecule has 2 heterocycles. The van der Waals surface area contributed by atoms with Gasteiger partial charge in [-0.25, -0.2) is 0 Å². The van der Waals surface area contributed by atoms with E-state index in [-0.39, 0.29) is 17.0 Å². The number of hydrogen-bond acceptors (Lipinski definition) is 5. The highest BCUT2D eigenvalue weighted by molar-refractivity contribution is 6.01. The van der Waals surface area contributed by atoms with E-state index in [0.717, 1.165) is 11.1 Å². The van der Waals surface area contributed by atoms with Gasteiger partial charge >= 0.3 is 0 Å². The first kappa shape index (κ1) is 18.9. The molecule has 0 aliphatic rings. The zero-order valence-electron chi connectivity index (χ0n) is 15.7. The van der Waals surface area contributed by atoms with Gasteiger partial charge in [0.1, 0.15) is 28.6 Å². The fourth-order valence-corrected chi connectivity index (χ4v) is 2.64. The lowest BCUT2D eigenvalue weighted by molar-refractivity contribution is -0.116. The molecule has 7 heteroatoms. The van der Waals surface area contributed by atoms with Crippen molar-refractivity contribution in [2.24, 2.45) is 0 Å². The lowest BCUT2D eigenvalue weighted by Gasteiger charge is -2.11. The third-order valence-electron chi connectivity index (χ3n) is 4.17. The van der Waals surface area contributed by atoms with Crippen molar-refractivity contribution in [1.82, 2.24) is 14.7 Å². The van der Waals surface area contributed by atoms with Crippen LogP contribution >= 0.6 is 0 Å². The lowest BCUT2D eigenvalue weighted by atomic mass is 10.1. The number of nitrogens with one attached hydrogen (secondary N) is 1. The predicted octanol–water partition coefficient (Wildman–Crippen LogP) is 2.76. The van der Waals surface area contributed by atoms with E-state index in [2.05, 4.69) is 10.3 Å². The van der Waals surface area contributed by atoms with Gasteiger partial charge in [-0.3, -0.25) is 14.0 Å². The number of likely N-dealkylation sites (N-methyl/N-ethyl adjacent to an activating group) is 1. The fraction of sp³-hybridized carbons (Fsp3) is 0.143. The Morgan fingerprint density at radius 3 is 2.61 bits per heavy atom. The maximum atomic E-state index is 13.1. The topological polar surface area (TPSA) is 96.5 Å². The number of carbonyl (C=O) groups excluding carboxylic acids is 1. The average Bonchev–Trinajstić information content (AvgIpc) is 2.70. The Hall–Kier alpha value is -3.92. The quantitative estimate of drug-likeness (QED) is 0.559. The van der Waals surface area contributed by atoms with E-state index in [0.29, 0.717) is 11.4 Å². The number of ether oxygens (including phenoxy) is 1. The van der Waals surface area contributed by atoms with Crippen LogP contribution in [0.1, 0.15) is 16.7 Å². The second kappa shape index (κ2) is 7.76. The SMILES string of the molecule is CNC(=O)C(C#N)=Cc1c(Oc2ccc(C)cc2)nc2c(C)cccn2c1=O. The molecule has 0 bridgehead atoms. The number of rotatable bonds is 4. The van der Waals surface area contributed by atoms with Crippen molar-refractivity contribution >= 4 is 17.6 Å². The molecule has 1 N–H and O–H groups in total. The number of aromatic nitrogens is 2. The Morgan fingerprint density at radius 1 is 1.25 bits per heavy atom. The molecule has 0 saturated carbocycles.